The zero-order valence-electron chi connectivity index (χ0n) is 23.6. The average molecular weight is 526 g/mol. The zero-order chi connectivity index (χ0) is 28.1. The van der Waals surface area contributed by atoms with E-state index in [1.165, 1.54) is 12.0 Å². The van der Waals surface area contributed by atoms with Crippen LogP contribution in [0.1, 0.15) is 61.9 Å². The zero-order valence-corrected chi connectivity index (χ0v) is 23.6. The van der Waals surface area contributed by atoms with Gasteiger partial charge in [-0.25, -0.2) is 0 Å². The van der Waals surface area contributed by atoms with E-state index in [2.05, 4.69) is 0 Å². The Labute approximate surface area is 225 Å². The van der Waals surface area contributed by atoms with E-state index >= 15 is 0 Å². The summed E-state index contributed by atoms with van der Waals surface area (Å²) in [6.07, 6.45) is 0. The van der Waals surface area contributed by atoms with E-state index < -0.39 is 17.7 Å². The van der Waals surface area contributed by atoms with Gasteiger partial charge in [-0.3, -0.25) is 9.59 Å². The number of hydrogen-bond donors (Lipinski definition) is 1. The molecule has 0 radical (unpaired) electrons. The summed E-state index contributed by atoms with van der Waals surface area (Å²) < 4.78 is 22.2. The van der Waals surface area contributed by atoms with Crippen LogP contribution in [-0.4, -0.2) is 62.8 Å². The van der Waals surface area contributed by atoms with Crippen LogP contribution in [0.5, 0.6) is 17.2 Å². The molecule has 1 saturated heterocycles. The SMILES string of the molecule is COCCN1C(=O)C(=O)/C(=C(/O)c2cc(C(C)C)c(OC)cc2C)C1c1ccc(OC)c(OCC(C)C)c1. The first-order chi connectivity index (χ1) is 18.0. The number of hydrogen-bond acceptors (Lipinski definition) is 7. The van der Waals surface area contributed by atoms with Crippen LogP contribution in [0.4, 0.5) is 0 Å². The first-order valence-electron chi connectivity index (χ1n) is 12.8. The molecule has 1 N–H and O–H groups in total. The lowest BCUT2D eigenvalue weighted by atomic mass is 9.91. The second-order valence-electron chi connectivity index (χ2n) is 10.2. The first kappa shape index (κ1) is 29.0. The minimum absolute atomic E-state index is 0.0223. The van der Waals surface area contributed by atoms with E-state index in [1.54, 1.807) is 32.4 Å². The van der Waals surface area contributed by atoms with Crippen molar-refractivity contribution < 1.29 is 33.6 Å². The van der Waals surface area contributed by atoms with Gasteiger partial charge in [0.25, 0.3) is 11.7 Å². The number of benzene rings is 2. The van der Waals surface area contributed by atoms with Gasteiger partial charge < -0.3 is 29.0 Å². The van der Waals surface area contributed by atoms with Crippen LogP contribution in [0.15, 0.2) is 35.9 Å². The summed E-state index contributed by atoms with van der Waals surface area (Å²) in [5.74, 6) is 0.469. The number of amides is 1. The molecule has 0 saturated carbocycles. The third-order valence-electron chi connectivity index (χ3n) is 6.61. The smallest absolute Gasteiger partial charge is 0.295 e. The van der Waals surface area contributed by atoms with Gasteiger partial charge in [-0.2, -0.15) is 0 Å². The predicted molar refractivity (Wildman–Crippen MR) is 146 cm³/mol. The highest BCUT2D eigenvalue weighted by atomic mass is 16.5. The molecule has 1 heterocycles. The van der Waals surface area contributed by atoms with Crippen molar-refractivity contribution in [3.05, 3.63) is 58.2 Å². The summed E-state index contributed by atoms with van der Waals surface area (Å²) in [6.45, 7) is 10.8. The fourth-order valence-corrected chi connectivity index (χ4v) is 4.61. The van der Waals surface area contributed by atoms with Gasteiger partial charge in [0.05, 0.1) is 39.0 Å². The Morgan fingerprint density at radius 1 is 0.974 bits per heavy atom. The van der Waals surface area contributed by atoms with Crippen LogP contribution >= 0.6 is 0 Å². The molecule has 3 rings (SSSR count). The number of nitrogens with zero attached hydrogens (tertiary/aromatic N) is 1. The van der Waals surface area contributed by atoms with Crippen LogP contribution in [0, 0.1) is 12.8 Å². The summed E-state index contributed by atoms with van der Waals surface area (Å²) in [6, 6.07) is 8.14. The molecular weight excluding hydrogens is 486 g/mol. The minimum Gasteiger partial charge on any atom is -0.507 e. The van der Waals surface area contributed by atoms with Crippen molar-refractivity contribution in [3.8, 4) is 17.2 Å². The van der Waals surface area contributed by atoms with Gasteiger partial charge in [-0.15, -0.1) is 0 Å². The fraction of sp³-hybridized carbons (Fsp3) is 0.467. The number of methoxy groups -OCH3 is 3. The van der Waals surface area contributed by atoms with Crippen LogP contribution in [0.2, 0.25) is 0 Å². The molecule has 8 nitrogen and oxygen atoms in total. The Morgan fingerprint density at radius 2 is 1.66 bits per heavy atom. The van der Waals surface area contributed by atoms with Crippen molar-refractivity contribution >= 4 is 17.4 Å². The maximum absolute atomic E-state index is 13.4. The van der Waals surface area contributed by atoms with Crippen molar-refractivity contribution in [3.63, 3.8) is 0 Å². The maximum Gasteiger partial charge on any atom is 0.295 e. The molecule has 0 aromatic heterocycles. The van der Waals surface area contributed by atoms with Crippen LogP contribution in [-0.2, 0) is 14.3 Å². The molecule has 0 spiro atoms. The molecule has 0 bridgehead atoms. The Hall–Kier alpha value is -3.52. The summed E-state index contributed by atoms with van der Waals surface area (Å²) in [5, 5.41) is 11.6. The van der Waals surface area contributed by atoms with Crippen molar-refractivity contribution in [1.29, 1.82) is 0 Å². The quantitative estimate of drug-likeness (QED) is 0.244. The monoisotopic (exact) mass is 525 g/mol. The van der Waals surface area contributed by atoms with Gasteiger partial charge in [0.2, 0.25) is 0 Å². The average Bonchev–Trinajstić information content (AvgIpc) is 3.14. The molecule has 1 unspecified atom stereocenters. The Bertz CT molecular complexity index is 1220. The number of carbonyl (C=O) groups is 2. The van der Waals surface area contributed by atoms with Gasteiger partial charge in [0, 0.05) is 19.2 Å². The number of rotatable bonds is 11. The van der Waals surface area contributed by atoms with Gasteiger partial charge >= 0.3 is 0 Å². The fourth-order valence-electron chi connectivity index (χ4n) is 4.61. The third-order valence-corrected chi connectivity index (χ3v) is 6.61. The highest BCUT2D eigenvalue weighted by molar-refractivity contribution is 6.46. The van der Waals surface area contributed by atoms with E-state index in [0.717, 1.165) is 11.1 Å². The molecule has 1 fully saturated rings. The van der Waals surface area contributed by atoms with Crippen LogP contribution in [0.3, 0.4) is 0 Å². The standard InChI is InChI=1S/C30H39NO7/c1-17(2)16-38-25-14-20(9-10-23(25)36-7)27-26(29(33)30(34)31(27)11-12-35-6)28(32)22-15-21(18(3)4)24(37-8)13-19(22)5/h9-10,13-15,17-18,27,32H,11-12,16H2,1-8H3/b28-26+. The molecule has 0 aliphatic carbocycles. The van der Waals surface area contributed by atoms with Crippen LogP contribution in [0.25, 0.3) is 5.76 Å². The largest absolute Gasteiger partial charge is 0.507 e. The molecule has 38 heavy (non-hydrogen) atoms. The van der Waals surface area contributed by atoms with Crippen molar-refractivity contribution in [2.75, 3.05) is 41.1 Å². The van der Waals surface area contributed by atoms with E-state index in [9.17, 15) is 14.7 Å². The Balaban J connectivity index is 2.25. The number of aryl methyl sites for hydroxylation is 1. The number of likely N-dealkylation sites (tertiary alicyclic amines) is 1. The lowest BCUT2D eigenvalue weighted by Gasteiger charge is -2.26. The summed E-state index contributed by atoms with van der Waals surface area (Å²) in [5.41, 5.74) is 2.74. The van der Waals surface area contributed by atoms with E-state index in [4.69, 9.17) is 18.9 Å². The normalized spacial score (nSPS) is 17.0. The van der Waals surface area contributed by atoms with Gasteiger partial charge in [-0.05, 0) is 59.7 Å². The molecule has 8 heteroatoms. The number of aliphatic hydroxyl groups is 1. The Morgan fingerprint density at radius 3 is 2.24 bits per heavy atom. The minimum atomic E-state index is -0.832. The number of ether oxygens (including phenoxy) is 4. The number of aliphatic hydroxyl groups excluding tert-OH is 1. The van der Waals surface area contributed by atoms with Gasteiger partial charge in [-0.1, -0.05) is 33.8 Å². The highest BCUT2D eigenvalue weighted by Gasteiger charge is 2.46. The van der Waals surface area contributed by atoms with Gasteiger partial charge in [0.1, 0.15) is 11.5 Å². The molecule has 206 valence electrons. The molecule has 1 amide bonds. The molecule has 1 aliphatic heterocycles. The molecule has 2 aromatic carbocycles. The lowest BCUT2D eigenvalue weighted by Crippen LogP contribution is -2.32. The Kier molecular flexibility index (Phi) is 9.44. The number of ketones is 1. The lowest BCUT2D eigenvalue weighted by molar-refractivity contribution is -0.140. The molecule has 1 aliphatic rings. The molecule has 1 atom stereocenters. The summed E-state index contributed by atoms with van der Waals surface area (Å²) in [7, 11) is 4.69. The summed E-state index contributed by atoms with van der Waals surface area (Å²) in [4.78, 5) is 28.1. The molecule has 2 aromatic rings. The van der Waals surface area contributed by atoms with Crippen LogP contribution < -0.4 is 14.2 Å². The van der Waals surface area contributed by atoms with Gasteiger partial charge in [0.15, 0.2) is 11.5 Å². The van der Waals surface area contributed by atoms with E-state index in [-0.39, 0.29) is 36.3 Å². The predicted octanol–water partition coefficient (Wildman–Crippen LogP) is 5.24. The first-order valence-corrected chi connectivity index (χ1v) is 12.8. The van der Waals surface area contributed by atoms with Crippen molar-refractivity contribution in [1.82, 2.24) is 4.90 Å². The topological polar surface area (TPSA) is 94.5 Å². The second-order valence-corrected chi connectivity index (χ2v) is 10.2. The number of Topliss-reactive ketones (excluding diaryl/α,β-unsaturated/α-hetero) is 1. The van der Waals surface area contributed by atoms with E-state index in [1.807, 2.05) is 46.8 Å². The van der Waals surface area contributed by atoms with Crippen molar-refractivity contribution in [2.45, 2.75) is 46.6 Å². The highest BCUT2D eigenvalue weighted by Crippen LogP contribution is 2.43. The van der Waals surface area contributed by atoms with Crippen molar-refractivity contribution in [2.24, 2.45) is 5.92 Å². The molecular formula is C30H39NO7. The summed E-state index contributed by atoms with van der Waals surface area (Å²) >= 11 is 0. The number of carbonyl (C=O) groups excluding carboxylic acids is 2. The van der Waals surface area contributed by atoms with E-state index in [0.29, 0.717) is 35.0 Å². The maximum atomic E-state index is 13.4. The second kappa shape index (κ2) is 12.3. The third kappa shape index (κ3) is 5.80.